The van der Waals surface area contributed by atoms with Crippen molar-refractivity contribution in [2.75, 3.05) is 24.5 Å². The zero-order chi connectivity index (χ0) is 13.4. The predicted molar refractivity (Wildman–Crippen MR) is 81.3 cm³/mol. The van der Waals surface area contributed by atoms with Crippen molar-refractivity contribution in [2.45, 2.75) is 19.9 Å². The van der Waals surface area contributed by atoms with Crippen LogP contribution in [0.1, 0.15) is 13.8 Å². The lowest BCUT2D eigenvalue weighted by Crippen LogP contribution is -2.53. The first kappa shape index (κ1) is 13.1. The highest BCUT2D eigenvalue weighted by Crippen LogP contribution is 2.34. The Morgan fingerprint density at radius 2 is 2.26 bits per heavy atom. The summed E-state index contributed by atoms with van der Waals surface area (Å²) in [6.45, 7) is 7.39. The summed E-state index contributed by atoms with van der Waals surface area (Å²) < 4.78 is 8.71. The van der Waals surface area contributed by atoms with E-state index >= 15 is 0 Å². The van der Waals surface area contributed by atoms with Gasteiger partial charge in [-0.15, -0.1) is 0 Å². The molecule has 0 saturated carbocycles. The molecular weight excluding hydrogens is 280 g/mol. The van der Waals surface area contributed by atoms with Crippen LogP contribution in [0.3, 0.4) is 0 Å². The molecule has 0 spiro atoms. The highest BCUT2D eigenvalue weighted by molar-refractivity contribution is 7.00. The van der Waals surface area contributed by atoms with Crippen LogP contribution < -0.4 is 10.2 Å². The maximum Gasteiger partial charge on any atom is 0.129 e. The molecule has 0 radical (unpaired) electrons. The molecule has 1 unspecified atom stereocenters. The third-order valence-corrected chi connectivity index (χ3v) is 4.53. The molecule has 6 heteroatoms. The number of fused-ring (bicyclic) bond motifs is 1. The number of halogens is 1. The van der Waals surface area contributed by atoms with E-state index in [9.17, 15) is 0 Å². The number of piperazine rings is 1. The highest BCUT2D eigenvalue weighted by Gasteiger charge is 2.25. The number of benzene rings is 1. The average molecular weight is 297 g/mol. The van der Waals surface area contributed by atoms with E-state index < -0.39 is 0 Å². The fourth-order valence-corrected chi connectivity index (χ4v) is 3.35. The lowest BCUT2D eigenvalue weighted by Gasteiger charge is -2.37. The molecular formula is C13H17ClN4S. The molecule has 3 rings (SSSR count). The van der Waals surface area contributed by atoms with E-state index in [0.717, 1.165) is 41.4 Å². The van der Waals surface area contributed by atoms with Crippen molar-refractivity contribution in [3.63, 3.8) is 0 Å². The largest absolute Gasteiger partial charge is 0.366 e. The van der Waals surface area contributed by atoms with Gasteiger partial charge in [0.2, 0.25) is 0 Å². The molecule has 1 saturated heterocycles. The smallest absolute Gasteiger partial charge is 0.129 e. The molecule has 1 aromatic carbocycles. The molecule has 0 aliphatic carbocycles. The summed E-state index contributed by atoms with van der Waals surface area (Å²) in [6, 6.07) is 4.35. The molecule has 2 heterocycles. The van der Waals surface area contributed by atoms with Crippen LogP contribution >= 0.6 is 23.3 Å². The van der Waals surface area contributed by atoms with E-state index in [1.54, 1.807) is 0 Å². The second kappa shape index (κ2) is 5.23. The molecule has 2 aromatic rings. The van der Waals surface area contributed by atoms with Gasteiger partial charge in [-0.05, 0) is 18.1 Å². The first-order chi connectivity index (χ1) is 9.16. The molecule has 1 aliphatic heterocycles. The lowest BCUT2D eigenvalue weighted by atomic mass is 10.0. The van der Waals surface area contributed by atoms with E-state index in [4.69, 9.17) is 11.6 Å². The molecule has 0 amide bonds. The third kappa shape index (κ3) is 2.42. The molecule has 4 nitrogen and oxygen atoms in total. The van der Waals surface area contributed by atoms with Gasteiger partial charge >= 0.3 is 0 Å². The lowest BCUT2D eigenvalue weighted by molar-refractivity contribution is 0.369. The Hall–Kier alpha value is -0.910. The number of nitrogens with zero attached hydrogens (tertiary/aromatic N) is 3. The fourth-order valence-electron chi connectivity index (χ4n) is 2.54. The summed E-state index contributed by atoms with van der Waals surface area (Å²) in [6.07, 6.45) is 0. The standard InChI is InChI=1S/C13H17ClN4S/c1-8(2)11-7-18(6-5-15-11)13-9(14)3-4-10-12(13)17-19-16-10/h3-4,8,11,15H,5-7H2,1-2H3. The van der Waals surface area contributed by atoms with E-state index in [0.29, 0.717) is 12.0 Å². The average Bonchev–Trinajstić information content (AvgIpc) is 2.87. The summed E-state index contributed by atoms with van der Waals surface area (Å²) in [5.41, 5.74) is 2.91. The van der Waals surface area contributed by atoms with Gasteiger partial charge in [0.05, 0.1) is 22.4 Å². The third-order valence-electron chi connectivity index (χ3n) is 3.68. The minimum absolute atomic E-state index is 0.492. The van der Waals surface area contributed by atoms with Gasteiger partial charge in [-0.1, -0.05) is 25.4 Å². The van der Waals surface area contributed by atoms with Crippen molar-refractivity contribution < 1.29 is 0 Å². The molecule has 19 heavy (non-hydrogen) atoms. The summed E-state index contributed by atoms with van der Waals surface area (Å²) >= 11 is 7.64. The molecule has 1 aromatic heterocycles. The minimum atomic E-state index is 0.492. The quantitative estimate of drug-likeness (QED) is 0.925. The Balaban J connectivity index is 1.99. The molecule has 1 N–H and O–H groups in total. The van der Waals surface area contributed by atoms with Gasteiger partial charge in [0.15, 0.2) is 0 Å². The summed E-state index contributed by atoms with van der Waals surface area (Å²) in [4.78, 5) is 2.34. The van der Waals surface area contributed by atoms with E-state index in [2.05, 4.69) is 32.8 Å². The Bertz CT molecular complexity index is 583. The van der Waals surface area contributed by atoms with Crippen LogP contribution in [0.4, 0.5) is 5.69 Å². The first-order valence-electron chi connectivity index (χ1n) is 6.56. The molecule has 0 bridgehead atoms. The Kier molecular flexibility index (Phi) is 3.60. The number of rotatable bonds is 2. The molecule has 1 fully saturated rings. The van der Waals surface area contributed by atoms with Gasteiger partial charge in [0, 0.05) is 25.7 Å². The van der Waals surface area contributed by atoms with Crippen molar-refractivity contribution in [2.24, 2.45) is 5.92 Å². The summed E-state index contributed by atoms with van der Waals surface area (Å²) in [7, 11) is 0. The van der Waals surface area contributed by atoms with Crippen LogP contribution in [-0.2, 0) is 0 Å². The zero-order valence-electron chi connectivity index (χ0n) is 11.1. The van der Waals surface area contributed by atoms with E-state index in [1.165, 1.54) is 11.7 Å². The van der Waals surface area contributed by atoms with Gasteiger partial charge in [0.25, 0.3) is 0 Å². The summed E-state index contributed by atoms with van der Waals surface area (Å²) in [5.74, 6) is 0.606. The first-order valence-corrected chi connectivity index (χ1v) is 7.66. The van der Waals surface area contributed by atoms with Crippen LogP contribution in [0.15, 0.2) is 12.1 Å². The highest BCUT2D eigenvalue weighted by atomic mass is 35.5. The Morgan fingerprint density at radius 1 is 1.42 bits per heavy atom. The predicted octanol–water partition coefficient (Wildman–Crippen LogP) is 2.78. The monoisotopic (exact) mass is 296 g/mol. The second-order valence-electron chi connectivity index (χ2n) is 5.28. The van der Waals surface area contributed by atoms with Crippen LogP contribution in [0.5, 0.6) is 0 Å². The molecule has 102 valence electrons. The number of nitrogens with one attached hydrogen (secondary N) is 1. The van der Waals surface area contributed by atoms with Crippen molar-refractivity contribution in [3.05, 3.63) is 17.2 Å². The fraction of sp³-hybridized carbons (Fsp3) is 0.538. The Labute approximate surface area is 122 Å². The SMILES string of the molecule is CC(C)C1CN(c2c(Cl)ccc3nsnc23)CCN1. The normalized spacial score (nSPS) is 20.4. The number of aromatic nitrogens is 2. The number of anilines is 1. The van der Waals surface area contributed by atoms with Crippen molar-refractivity contribution in [1.29, 1.82) is 0 Å². The van der Waals surface area contributed by atoms with Crippen LogP contribution in [0, 0.1) is 5.92 Å². The van der Waals surface area contributed by atoms with Gasteiger partial charge < -0.3 is 10.2 Å². The number of hydrogen-bond donors (Lipinski definition) is 1. The van der Waals surface area contributed by atoms with Crippen LogP contribution in [0.2, 0.25) is 5.02 Å². The van der Waals surface area contributed by atoms with Crippen molar-refractivity contribution in [1.82, 2.24) is 14.1 Å². The van der Waals surface area contributed by atoms with Gasteiger partial charge in [0.1, 0.15) is 11.0 Å². The molecule has 1 aliphatic rings. The van der Waals surface area contributed by atoms with E-state index in [-0.39, 0.29) is 0 Å². The zero-order valence-corrected chi connectivity index (χ0v) is 12.6. The van der Waals surface area contributed by atoms with Crippen LogP contribution in [-0.4, -0.2) is 34.4 Å². The maximum absolute atomic E-state index is 6.40. The van der Waals surface area contributed by atoms with Crippen molar-refractivity contribution >= 4 is 40.0 Å². The van der Waals surface area contributed by atoms with Crippen LogP contribution in [0.25, 0.3) is 11.0 Å². The maximum atomic E-state index is 6.40. The van der Waals surface area contributed by atoms with Gasteiger partial charge in [-0.3, -0.25) is 0 Å². The minimum Gasteiger partial charge on any atom is -0.366 e. The topological polar surface area (TPSA) is 41.1 Å². The van der Waals surface area contributed by atoms with Gasteiger partial charge in [-0.25, -0.2) is 0 Å². The summed E-state index contributed by atoms with van der Waals surface area (Å²) in [5, 5.41) is 4.33. The van der Waals surface area contributed by atoms with Crippen molar-refractivity contribution in [3.8, 4) is 0 Å². The second-order valence-corrected chi connectivity index (χ2v) is 6.21. The molecule has 1 atom stereocenters. The van der Waals surface area contributed by atoms with Gasteiger partial charge in [-0.2, -0.15) is 8.75 Å². The van der Waals surface area contributed by atoms with E-state index in [1.807, 2.05) is 12.1 Å². The number of hydrogen-bond acceptors (Lipinski definition) is 5. The Morgan fingerprint density at radius 3 is 3.05 bits per heavy atom.